The Morgan fingerprint density at radius 1 is 0.619 bits per heavy atom. The average molecular weight is 1510 g/mol. The zero-order chi connectivity index (χ0) is 76.3. The summed E-state index contributed by atoms with van der Waals surface area (Å²) in [5, 5.41) is 8.01. The van der Waals surface area contributed by atoms with Crippen molar-refractivity contribution in [1.82, 2.24) is 30.7 Å². The monoisotopic (exact) mass is 1510 g/mol. The van der Waals surface area contributed by atoms with Gasteiger partial charge in [-0.1, -0.05) is 47.9 Å². The van der Waals surface area contributed by atoms with Crippen LogP contribution in [0.2, 0.25) is 0 Å². The third-order valence-corrected chi connectivity index (χ3v) is 15.8. The molecular formula is C73H94BClF2N7NaO19P. The van der Waals surface area contributed by atoms with Gasteiger partial charge in [0.2, 0.25) is 5.97 Å². The summed E-state index contributed by atoms with van der Waals surface area (Å²) >= 11 is 0. The molecule has 0 aromatic heterocycles. The Labute approximate surface area is 644 Å². The number of Topliss-reactive ketones (excluding diaryl/α,β-unsaturated/α-hetero) is 2. The number of rotatable bonds is 23. The molecule has 8 rings (SSSR count). The number of likely N-dealkylation sites (N-methyl/N-ethyl adjacent to an activating group) is 4. The summed E-state index contributed by atoms with van der Waals surface area (Å²) in [5.41, 5.74) is 1.82. The van der Waals surface area contributed by atoms with Gasteiger partial charge in [0.25, 0.3) is 23.6 Å². The number of likely N-dealkylation sites (tertiary alicyclic amines) is 1. The first-order chi connectivity index (χ1) is 49.3. The van der Waals surface area contributed by atoms with Crippen LogP contribution in [0.15, 0.2) is 102 Å². The molecule has 4 fully saturated rings. The van der Waals surface area contributed by atoms with Gasteiger partial charge in [0.15, 0.2) is 35.2 Å². The number of nitrogens with zero attached hydrogens (tertiary/aromatic N) is 4. The molecule has 4 heterocycles. The second-order valence-electron chi connectivity index (χ2n) is 23.4. The van der Waals surface area contributed by atoms with Crippen molar-refractivity contribution < 1.29 is 129 Å². The van der Waals surface area contributed by atoms with Gasteiger partial charge in [0.05, 0.1) is 25.4 Å². The molecule has 4 aliphatic heterocycles. The van der Waals surface area contributed by atoms with Crippen LogP contribution in [0.4, 0.5) is 8.78 Å². The second-order valence-corrected chi connectivity index (χ2v) is 23.8. The van der Waals surface area contributed by atoms with E-state index in [9.17, 15) is 56.7 Å². The van der Waals surface area contributed by atoms with E-state index in [0.29, 0.717) is 53.9 Å². The number of nitrogens with one attached hydrogen (secondary N) is 3. The van der Waals surface area contributed by atoms with Crippen LogP contribution in [0.25, 0.3) is 0 Å². The number of carbonyl (C=O) groups excluding carboxylic acids is 10. The SMILES string of the molecule is CC(=O)OOC(C)=O.CN=P.CNC(=O)[C@@](C)(C(=O)COC1CCCCO1)N(C)C(=O)c1ccc(C#Cc2ccc(C=O)cc2)cc1.CNC(=O)[C@@](C)(C(=O)COC1CCCCO1)N(C)C(=O)c1ccc(C#Cc2ccc(CN3CC(OCCF)C3)cc2)cc1.Cl.FCCOC1CNC1.[B-]OC(C)=O.[Na+]. The van der Waals surface area contributed by atoms with Gasteiger partial charge < -0.3 is 66.9 Å². The van der Waals surface area contributed by atoms with Gasteiger partial charge in [-0.2, -0.15) is 0 Å². The molecule has 3 N–H and O–H groups in total. The van der Waals surface area contributed by atoms with E-state index in [2.05, 4.69) is 80.8 Å². The van der Waals surface area contributed by atoms with Gasteiger partial charge in [-0.25, -0.2) is 28.1 Å². The van der Waals surface area contributed by atoms with Crippen molar-refractivity contribution in [3.63, 3.8) is 0 Å². The maximum atomic E-state index is 13.4. The first-order valence-corrected chi connectivity index (χ1v) is 33.4. The second kappa shape index (κ2) is 52.3. The first-order valence-electron chi connectivity index (χ1n) is 33.0. The van der Waals surface area contributed by atoms with Crippen LogP contribution in [0.1, 0.15) is 132 Å². The smallest absolute Gasteiger partial charge is 0.793 e. The number of amides is 4. The van der Waals surface area contributed by atoms with Crippen molar-refractivity contribution in [2.75, 3.05) is 114 Å². The number of benzene rings is 4. The number of ether oxygens (including phenoxy) is 6. The number of halogens is 3. The Morgan fingerprint density at radius 2 is 0.971 bits per heavy atom. The maximum Gasteiger partial charge on any atom is 1.00 e. The molecule has 105 heavy (non-hydrogen) atoms. The minimum Gasteiger partial charge on any atom is -0.793 e. The van der Waals surface area contributed by atoms with Crippen LogP contribution in [0.3, 0.4) is 0 Å². The maximum absolute atomic E-state index is 13.4. The molecule has 0 saturated carbocycles. The number of hydrogen-bond donors (Lipinski definition) is 3. The Morgan fingerprint density at radius 3 is 1.27 bits per heavy atom. The topological polar surface area (TPSA) is 312 Å². The summed E-state index contributed by atoms with van der Waals surface area (Å²) in [6, 6.07) is 28.2. The molecule has 4 aromatic carbocycles. The van der Waals surface area contributed by atoms with Gasteiger partial charge in [-0.15, -0.1) is 12.4 Å². The summed E-state index contributed by atoms with van der Waals surface area (Å²) in [6.07, 6.45) is 5.32. The number of alkyl halides is 2. The first kappa shape index (κ1) is 95.3. The van der Waals surface area contributed by atoms with Gasteiger partial charge in [-0.05, 0) is 140 Å². The van der Waals surface area contributed by atoms with Gasteiger partial charge >= 0.3 is 41.5 Å². The van der Waals surface area contributed by atoms with Crippen LogP contribution >= 0.6 is 21.4 Å². The summed E-state index contributed by atoms with van der Waals surface area (Å²) < 4.78 is 63.1. The number of aldehydes is 1. The van der Waals surface area contributed by atoms with Crippen molar-refractivity contribution in [2.45, 2.75) is 116 Å². The fourth-order valence-electron chi connectivity index (χ4n) is 9.47. The predicted molar refractivity (Wildman–Crippen MR) is 386 cm³/mol. The van der Waals surface area contributed by atoms with E-state index in [1.165, 1.54) is 49.0 Å². The molecule has 4 amide bonds. The minimum atomic E-state index is -1.77. The summed E-state index contributed by atoms with van der Waals surface area (Å²) in [6.45, 7) is 10.6. The Balaban J connectivity index is 0.000000791. The summed E-state index contributed by atoms with van der Waals surface area (Å²) in [4.78, 5) is 131. The molecule has 565 valence electrons. The molecule has 3 radical (unpaired) electrons. The third kappa shape index (κ3) is 33.7. The Bertz CT molecular complexity index is 3500. The normalized spacial score (nSPS) is 15.9. The van der Waals surface area contributed by atoms with Gasteiger partial charge in [-0.3, -0.25) is 48.0 Å². The van der Waals surface area contributed by atoms with Crippen molar-refractivity contribution in [3.8, 4) is 23.7 Å². The molecule has 0 aliphatic carbocycles. The van der Waals surface area contributed by atoms with Crippen molar-refractivity contribution in [2.24, 2.45) is 4.74 Å². The molecule has 4 aromatic rings. The average Bonchev–Trinajstić information content (AvgIpc) is 0.789. The fraction of sp³-hybridized carbons (Fsp3) is 0.479. The molecule has 32 heteroatoms. The van der Waals surface area contributed by atoms with Crippen molar-refractivity contribution in [1.29, 1.82) is 0 Å². The minimum absolute atomic E-state index is 0. The summed E-state index contributed by atoms with van der Waals surface area (Å²) in [5.74, 6) is 7.24. The molecule has 4 atom stereocenters. The Kier molecular flexibility index (Phi) is 47.5. The van der Waals surface area contributed by atoms with Crippen molar-refractivity contribution in [3.05, 3.63) is 142 Å². The summed E-state index contributed by atoms with van der Waals surface area (Å²) in [7, 11) is 14.5. The van der Waals surface area contributed by atoms with Crippen LogP contribution in [-0.2, 0) is 83.0 Å². The van der Waals surface area contributed by atoms with E-state index in [1.54, 1.807) is 79.8 Å². The van der Waals surface area contributed by atoms with E-state index < -0.39 is 83.4 Å². The van der Waals surface area contributed by atoms with Crippen molar-refractivity contribution >= 4 is 88.9 Å². The standard InChI is InChI=1S/C33H40FN3O6.C28H30N2O6.C5H10FNO.C4H6O4.C2H3BO2.CH4NP.ClH.Na/c1-33(32(40)35-2,29(38)23-43-30-6-4-5-18-42-30)36(3)31(39)27-15-13-25(14-16-27)8-7-24-9-11-26(12-10-24)20-37-21-28(22-37)41-19-17-34;1-28(27(34)29-2,24(32)19-36-25-6-4-5-17-35-25)30(3)26(33)23-15-13-21(14-16-23)8-7-20-9-11-22(18-31)12-10-20;6-1-2-8-5-3-7-4-5;1-3(5)7-8-4(2)6;1-2(4)5-3;1-2-3;;/h9-16,28,30H,4-6,17-23H2,1-3H3,(H,35,40);9-16,18,25H,4-6,17,19H2,1-3H3,(H,29,34);5,7H,1-4H2;1-2H3;1H3;3H,1H3;1H;/q;;;;-1;;;+1/t30?,33-;25?,28-;;;;;;/m11....../s1. The third-order valence-electron chi connectivity index (χ3n) is 15.8. The van der Waals surface area contributed by atoms with E-state index >= 15 is 0 Å². The Hall–Kier alpha value is -7.71. The van der Waals surface area contributed by atoms with Gasteiger partial charge in [0, 0.05) is 141 Å². The molecule has 4 aliphatic rings. The van der Waals surface area contributed by atoms with E-state index in [-0.39, 0.29) is 87.3 Å². The van der Waals surface area contributed by atoms with E-state index in [1.807, 2.05) is 24.3 Å². The van der Waals surface area contributed by atoms with E-state index in [0.717, 1.165) is 105 Å². The molecular weight excluding hydrogens is 1420 g/mol. The van der Waals surface area contributed by atoms with Crippen LogP contribution < -0.4 is 45.5 Å². The quantitative estimate of drug-likeness (QED) is 0.0182. The van der Waals surface area contributed by atoms with Crippen LogP contribution in [0, 0.1) is 23.7 Å². The van der Waals surface area contributed by atoms with Crippen LogP contribution in [-0.4, -0.2) is 232 Å². The molecule has 0 bridgehead atoms. The fourth-order valence-corrected chi connectivity index (χ4v) is 9.47. The molecule has 2 unspecified atom stereocenters. The number of hydrogen-bond acceptors (Lipinski definition) is 22. The predicted octanol–water partition coefficient (Wildman–Crippen LogP) is 3.51. The number of carbonyl (C=O) groups is 10. The zero-order valence-electron chi connectivity index (χ0n) is 61.3. The largest absolute Gasteiger partial charge is 1.00 e. The van der Waals surface area contributed by atoms with Crippen LogP contribution in [0.5, 0.6) is 0 Å². The van der Waals surface area contributed by atoms with E-state index in [4.69, 9.17) is 28.4 Å². The molecule has 26 nitrogen and oxygen atoms in total. The molecule has 4 saturated heterocycles. The van der Waals surface area contributed by atoms with Gasteiger partial charge in [0.1, 0.15) is 32.8 Å². The zero-order valence-corrected chi connectivity index (χ0v) is 65.2. The number of ketones is 2. The molecule has 0 spiro atoms.